The first kappa shape index (κ1) is 19.0. The second kappa shape index (κ2) is 8.59. The van der Waals surface area contributed by atoms with Crippen molar-refractivity contribution >= 4 is 19.9 Å². The van der Waals surface area contributed by atoms with Gasteiger partial charge in [0.25, 0.3) is 0 Å². The number of rotatable bonds is 10. The molecule has 0 amide bonds. The van der Waals surface area contributed by atoms with E-state index in [0.29, 0.717) is 26.2 Å². The zero-order chi connectivity index (χ0) is 16.6. The Morgan fingerprint density at radius 3 is 2.09 bits per heavy atom. The average Bonchev–Trinajstić information content (AvgIpc) is 2.45. The molecule has 0 aliphatic heterocycles. The van der Waals surface area contributed by atoms with Crippen molar-refractivity contribution in [1.82, 2.24) is 4.72 Å². The average molecular weight is 351 g/mol. The SMILES string of the molecule is COCCOCCCNS(=O)(=O)c1ccc(S(C)(=O)=O)cc1. The first-order valence-corrected chi connectivity index (χ1v) is 10.0. The van der Waals surface area contributed by atoms with E-state index in [1.165, 1.54) is 24.3 Å². The number of nitrogens with one attached hydrogen (secondary N) is 1. The Kier molecular flexibility index (Phi) is 7.43. The zero-order valence-electron chi connectivity index (χ0n) is 12.6. The molecule has 0 bridgehead atoms. The maximum atomic E-state index is 12.0. The highest BCUT2D eigenvalue weighted by molar-refractivity contribution is 7.90. The quantitative estimate of drug-likeness (QED) is 0.614. The van der Waals surface area contributed by atoms with E-state index < -0.39 is 19.9 Å². The van der Waals surface area contributed by atoms with E-state index in [2.05, 4.69) is 4.72 Å². The van der Waals surface area contributed by atoms with E-state index in [1.807, 2.05) is 0 Å². The molecule has 22 heavy (non-hydrogen) atoms. The van der Waals surface area contributed by atoms with E-state index in [9.17, 15) is 16.8 Å². The van der Waals surface area contributed by atoms with Crippen LogP contribution in [0.5, 0.6) is 0 Å². The lowest BCUT2D eigenvalue weighted by Gasteiger charge is -2.08. The maximum Gasteiger partial charge on any atom is 0.240 e. The normalized spacial score (nSPS) is 12.5. The van der Waals surface area contributed by atoms with Crippen molar-refractivity contribution in [3.63, 3.8) is 0 Å². The van der Waals surface area contributed by atoms with Gasteiger partial charge >= 0.3 is 0 Å². The highest BCUT2D eigenvalue weighted by Crippen LogP contribution is 2.14. The van der Waals surface area contributed by atoms with E-state index >= 15 is 0 Å². The fourth-order valence-corrected chi connectivity index (χ4v) is 3.28. The van der Waals surface area contributed by atoms with Crippen molar-refractivity contribution in [2.24, 2.45) is 0 Å². The Balaban J connectivity index is 2.49. The van der Waals surface area contributed by atoms with Gasteiger partial charge in [-0.05, 0) is 30.7 Å². The minimum absolute atomic E-state index is 0.0280. The highest BCUT2D eigenvalue weighted by atomic mass is 32.2. The minimum Gasteiger partial charge on any atom is -0.382 e. The van der Waals surface area contributed by atoms with Gasteiger partial charge in [-0.2, -0.15) is 0 Å². The van der Waals surface area contributed by atoms with Gasteiger partial charge in [0.05, 0.1) is 23.0 Å². The van der Waals surface area contributed by atoms with Crippen LogP contribution >= 0.6 is 0 Å². The highest BCUT2D eigenvalue weighted by Gasteiger charge is 2.14. The molecular formula is C13H21NO6S2. The molecule has 1 aromatic rings. The molecule has 1 aromatic carbocycles. The fourth-order valence-electron chi connectivity index (χ4n) is 1.57. The van der Waals surface area contributed by atoms with Crippen LogP contribution in [0.25, 0.3) is 0 Å². The van der Waals surface area contributed by atoms with Gasteiger partial charge in [-0.3, -0.25) is 0 Å². The lowest BCUT2D eigenvalue weighted by atomic mass is 10.4. The van der Waals surface area contributed by atoms with E-state index in [4.69, 9.17) is 9.47 Å². The van der Waals surface area contributed by atoms with E-state index in [0.717, 1.165) is 6.26 Å². The van der Waals surface area contributed by atoms with E-state index in [1.54, 1.807) is 7.11 Å². The van der Waals surface area contributed by atoms with Crippen LogP contribution in [0, 0.1) is 0 Å². The fraction of sp³-hybridized carbons (Fsp3) is 0.538. The molecule has 0 radical (unpaired) electrons. The molecule has 0 aliphatic rings. The summed E-state index contributed by atoms with van der Waals surface area (Å²) in [5.74, 6) is 0. The van der Waals surface area contributed by atoms with Crippen molar-refractivity contribution in [2.45, 2.75) is 16.2 Å². The van der Waals surface area contributed by atoms with Gasteiger partial charge in [0.15, 0.2) is 9.84 Å². The summed E-state index contributed by atoms with van der Waals surface area (Å²) in [6, 6.07) is 5.09. The summed E-state index contributed by atoms with van der Waals surface area (Å²) < 4.78 is 59.1. The molecule has 1 N–H and O–H groups in total. The third kappa shape index (κ3) is 6.41. The van der Waals surface area contributed by atoms with Crippen LogP contribution in [-0.4, -0.2) is 56.6 Å². The number of benzene rings is 1. The van der Waals surface area contributed by atoms with Gasteiger partial charge in [0.2, 0.25) is 10.0 Å². The van der Waals surface area contributed by atoms with Crippen molar-refractivity contribution in [3.8, 4) is 0 Å². The van der Waals surface area contributed by atoms with E-state index in [-0.39, 0.29) is 16.3 Å². The maximum absolute atomic E-state index is 12.0. The monoisotopic (exact) mass is 351 g/mol. The van der Waals surface area contributed by atoms with Crippen LogP contribution in [0.2, 0.25) is 0 Å². The molecule has 0 heterocycles. The predicted molar refractivity (Wildman–Crippen MR) is 82.1 cm³/mol. The number of methoxy groups -OCH3 is 1. The molecular weight excluding hydrogens is 330 g/mol. The van der Waals surface area contributed by atoms with Crippen LogP contribution in [0.4, 0.5) is 0 Å². The van der Waals surface area contributed by atoms with Crippen LogP contribution in [0.3, 0.4) is 0 Å². The summed E-state index contributed by atoms with van der Waals surface area (Å²) in [5, 5.41) is 0. The zero-order valence-corrected chi connectivity index (χ0v) is 14.2. The van der Waals surface area contributed by atoms with Crippen molar-refractivity contribution < 1.29 is 26.3 Å². The topological polar surface area (TPSA) is 98.8 Å². The standard InChI is InChI=1S/C13H21NO6S2/c1-19-10-11-20-9-3-8-14-22(17,18)13-6-4-12(5-7-13)21(2,15)16/h4-7,14H,3,8-11H2,1-2H3. The second-order valence-electron chi connectivity index (χ2n) is 4.60. The molecule has 126 valence electrons. The van der Waals surface area contributed by atoms with Gasteiger partial charge in [0, 0.05) is 26.5 Å². The molecule has 9 heteroatoms. The summed E-state index contributed by atoms with van der Waals surface area (Å²) in [4.78, 5) is 0.109. The van der Waals surface area contributed by atoms with Gasteiger partial charge < -0.3 is 9.47 Å². The number of hydrogen-bond acceptors (Lipinski definition) is 6. The molecule has 0 saturated heterocycles. The summed E-state index contributed by atoms with van der Waals surface area (Å²) in [6.45, 7) is 1.64. The summed E-state index contributed by atoms with van der Waals surface area (Å²) in [6.07, 6.45) is 1.60. The van der Waals surface area contributed by atoms with Crippen molar-refractivity contribution in [3.05, 3.63) is 24.3 Å². The van der Waals surface area contributed by atoms with Gasteiger partial charge in [-0.1, -0.05) is 0 Å². The number of ether oxygens (including phenoxy) is 2. The van der Waals surface area contributed by atoms with Crippen molar-refractivity contribution in [2.75, 3.05) is 39.7 Å². The lowest BCUT2D eigenvalue weighted by Crippen LogP contribution is -2.25. The first-order chi connectivity index (χ1) is 10.3. The molecule has 1 rings (SSSR count). The van der Waals surface area contributed by atoms with Crippen LogP contribution in [0.15, 0.2) is 34.1 Å². The Bertz CT molecular complexity index is 652. The van der Waals surface area contributed by atoms with Gasteiger partial charge in [-0.15, -0.1) is 0 Å². The van der Waals surface area contributed by atoms with Crippen LogP contribution < -0.4 is 4.72 Å². The lowest BCUT2D eigenvalue weighted by molar-refractivity contribution is 0.0699. The first-order valence-electron chi connectivity index (χ1n) is 6.64. The molecule has 0 atom stereocenters. The second-order valence-corrected chi connectivity index (χ2v) is 8.38. The molecule has 0 aromatic heterocycles. The Morgan fingerprint density at radius 1 is 0.955 bits per heavy atom. The molecule has 7 nitrogen and oxygen atoms in total. The molecule has 0 fully saturated rings. The minimum atomic E-state index is -3.65. The number of sulfonamides is 1. The predicted octanol–water partition coefficient (Wildman–Crippen LogP) is 0.422. The number of sulfone groups is 1. The Labute approximate surface area is 131 Å². The molecule has 0 saturated carbocycles. The third-order valence-electron chi connectivity index (χ3n) is 2.75. The summed E-state index contributed by atoms with van der Waals surface area (Å²) >= 11 is 0. The van der Waals surface area contributed by atoms with Crippen LogP contribution in [-0.2, 0) is 29.3 Å². The Morgan fingerprint density at radius 2 is 1.55 bits per heavy atom. The summed E-state index contributed by atoms with van der Waals surface area (Å²) in [7, 11) is -5.41. The number of hydrogen-bond donors (Lipinski definition) is 1. The molecule has 0 spiro atoms. The molecule has 0 unspecified atom stereocenters. The third-order valence-corrected chi connectivity index (χ3v) is 5.36. The van der Waals surface area contributed by atoms with Crippen molar-refractivity contribution in [1.29, 1.82) is 0 Å². The smallest absolute Gasteiger partial charge is 0.240 e. The van der Waals surface area contributed by atoms with Gasteiger partial charge in [0.1, 0.15) is 0 Å². The molecule has 0 aliphatic carbocycles. The summed E-state index contributed by atoms with van der Waals surface area (Å²) in [5.41, 5.74) is 0. The van der Waals surface area contributed by atoms with Gasteiger partial charge in [-0.25, -0.2) is 21.6 Å². The largest absolute Gasteiger partial charge is 0.382 e. The van der Waals surface area contributed by atoms with Crippen LogP contribution in [0.1, 0.15) is 6.42 Å². The Hall–Kier alpha value is -1.00.